The van der Waals surface area contributed by atoms with Crippen LogP contribution in [0.15, 0.2) is 48.5 Å². The lowest BCUT2D eigenvalue weighted by Crippen LogP contribution is -2.32. The third kappa shape index (κ3) is 3.48. The van der Waals surface area contributed by atoms with Crippen LogP contribution in [0.1, 0.15) is 38.2 Å². The number of rotatable bonds is 5. The first-order chi connectivity index (χ1) is 17.0. The SMILES string of the molecule is CCc1ccccc1N1C[C@H](C(=O)Oc2cccc(N3C(=O)[C@@H]4[C@H]5CC[C@@H](C5)[C@H]4C3=O)c2)CC1=O. The van der Waals surface area contributed by atoms with E-state index >= 15 is 0 Å². The van der Waals surface area contributed by atoms with Gasteiger partial charge in [0.1, 0.15) is 5.75 Å². The minimum absolute atomic E-state index is 0.0891. The van der Waals surface area contributed by atoms with Crippen molar-refractivity contribution in [1.82, 2.24) is 0 Å². The van der Waals surface area contributed by atoms with Crippen molar-refractivity contribution in [2.75, 3.05) is 16.3 Å². The van der Waals surface area contributed by atoms with Crippen molar-refractivity contribution in [3.63, 3.8) is 0 Å². The van der Waals surface area contributed by atoms with Gasteiger partial charge in [-0.2, -0.15) is 0 Å². The van der Waals surface area contributed by atoms with Crippen molar-refractivity contribution in [3.05, 3.63) is 54.1 Å². The number of para-hydroxylation sites is 1. The second-order valence-electron chi connectivity index (χ2n) is 10.2. The van der Waals surface area contributed by atoms with Crippen molar-refractivity contribution >= 4 is 35.1 Å². The van der Waals surface area contributed by atoms with Crippen LogP contribution in [-0.4, -0.2) is 30.2 Å². The summed E-state index contributed by atoms with van der Waals surface area (Å²) in [6, 6.07) is 14.3. The maximum absolute atomic E-state index is 13.1. The molecule has 5 atom stereocenters. The van der Waals surface area contributed by atoms with E-state index in [1.165, 1.54) is 4.90 Å². The minimum atomic E-state index is -0.582. The van der Waals surface area contributed by atoms with E-state index < -0.39 is 11.9 Å². The number of hydrogen-bond acceptors (Lipinski definition) is 5. The van der Waals surface area contributed by atoms with E-state index in [1.807, 2.05) is 31.2 Å². The summed E-state index contributed by atoms with van der Waals surface area (Å²) in [5, 5.41) is 0. The molecular weight excluding hydrogens is 444 g/mol. The summed E-state index contributed by atoms with van der Waals surface area (Å²) in [5.41, 5.74) is 2.34. The standard InChI is InChI=1S/C28H28N2O5/c1-2-16-6-3-4-9-22(16)29-15-19(13-23(29)31)28(34)35-21-8-5-7-20(14-21)30-26(32)24-17-10-11-18(12-17)25(24)27(30)33/h3-9,14,17-19,24-25H,2,10-13,15H2,1H3/t17-,18-,19+,24+,25+/m0/s1. The molecule has 4 aliphatic rings. The number of hydrogen-bond donors (Lipinski definition) is 0. The first-order valence-corrected chi connectivity index (χ1v) is 12.5. The predicted octanol–water partition coefficient (Wildman–Crippen LogP) is 3.74. The van der Waals surface area contributed by atoms with Gasteiger partial charge < -0.3 is 9.64 Å². The summed E-state index contributed by atoms with van der Waals surface area (Å²) in [5.74, 6) is -0.917. The molecule has 0 aromatic heterocycles. The molecule has 3 amide bonds. The van der Waals surface area contributed by atoms with Gasteiger partial charge in [0.15, 0.2) is 0 Å². The number of carbonyl (C=O) groups excluding carboxylic acids is 4. The van der Waals surface area contributed by atoms with E-state index in [0.717, 1.165) is 36.9 Å². The predicted molar refractivity (Wildman–Crippen MR) is 129 cm³/mol. The van der Waals surface area contributed by atoms with E-state index in [9.17, 15) is 19.2 Å². The first-order valence-electron chi connectivity index (χ1n) is 12.5. The highest BCUT2D eigenvalue weighted by Gasteiger charge is 2.61. The lowest BCUT2D eigenvalue weighted by molar-refractivity contribution is -0.139. The number of ether oxygens (including phenoxy) is 1. The van der Waals surface area contributed by atoms with Gasteiger partial charge in [-0.25, -0.2) is 4.90 Å². The van der Waals surface area contributed by atoms with Crippen LogP contribution in [0.4, 0.5) is 11.4 Å². The molecule has 0 spiro atoms. The Morgan fingerprint density at radius 3 is 2.40 bits per heavy atom. The molecule has 2 bridgehead atoms. The summed E-state index contributed by atoms with van der Waals surface area (Å²) < 4.78 is 5.64. The highest BCUT2D eigenvalue weighted by Crippen LogP contribution is 2.56. The molecule has 6 rings (SSSR count). The second kappa shape index (κ2) is 8.33. The van der Waals surface area contributed by atoms with Crippen molar-refractivity contribution in [2.45, 2.75) is 39.0 Å². The van der Waals surface area contributed by atoms with Gasteiger partial charge in [0.25, 0.3) is 0 Å². The maximum atomic E-state index is 13.1. The van der Waals surface area contributed by atoms with Gasteiger partial charge in [0.2, 0.25) is 17.7 Å². The maximum Gasteiger partial charge on any atom is 0.316 e. The molecule has 0 radical (unpaired) electrons. The van der Waals surface area contributed by atoms with Crippen molar-refractivity contribution in [2.24, 2.45) is 29.6 Å². The largest absolute Gasteiger partial charge is 0.426 e. The summed E-state index contributed by atoms with van der Waals surface area (Å²) in [6.45, 7) is 2.30. The average molecular weight is 473 g/mol. The lowest BCUT2D eigenvalue weighted by atomic mass is 9.81. The average Bonchev–Trinajstić information content (AvgIpc) is 3.62. The number of nitrogens with zero attached hydrogens (tertiary/aromatic N) is 2. The van der Waals surface area contributed by atoms with Crippen LogP contribution in [0.25, 0.3) is 0 Å². The zero-order valence-electron chi connectivity index (χ0n) is 19.7. The third-order valence-corrected chi connectivity index (χ3v) is 8.34. The molecule has 0 N–H and O–H groups in total. The molecule has 35 heavy (non-hydrogen) atoms. The quantitative estimate of drug-likeness (QED) is 0.376. The summed E-state index contributed by atoms with van der Waals surface area (Å²) in [6.07, 6.45) is 3.91. The Balaban J connectivity index is 1.17. The van der Waals surface area contributed by atoms with Gasteiger partial charge in [-0.15, -0.1) is 0 Å². The molecule has 180 valence electrons. The number of esters is 1. The second-order valence-corrected chi connectivity index (χ2v) is 10.2. The monoisotopic (exact) mass is 472 g/mol. The van der Waals surface area contributed by atoms with Gasteiger partial charge in [-0.3, -0.25) is 19.2 Å². The summed E-state index contributed by atoms with van der Waals surface area (Å²) in [4.78, 5) is 54.9. The number of anilines is 2. The fourth-order valence-corrected chi connectivity index (χ4v) is 6.72. The van der Waals surface area contributed by atoms with E-state index in [4.69, 9.17) is 4.74 Å². The Bertz CT molecular complexity index is 1210. The Kier molecular flexibility index (Phi) is 5.24. The number of imide groups is 1. The number of carbonyl (C=O) groups is 4. The molecular formula is C28H28N2O5. The molecule has 2 saturated heterocycles. The molecule has 2 heterocycles. The van der Waals surface area contributed by atoms with E-state index in [-0.39, 0.29) is 48.3 Å². The molecule has 2 aromatic carbocycles. The number of aryl methyl sites for hydroxylation is 1. The van der Waals surface area contributed by atoms with Crippen LogP contribution in [-0.2, 0) is 25.6 Å². The van der Waals surface area contributed by atoms with Crippen molar-refractivity contribution in [3.8, 4) is 5.75 Å². The molecule has 7 heteroatoms. The zero-order valence-corrected chi connectivity index (χ0v) is 19.7. The summed E-state index contributed by atoms with van der Waals surface area (Å²) in [7, 11) is 0. The summed E-state index contributed by atoms with van der Waals surface area (Å²) >= 11 is 0. The molecule has 4 fully saturated rings. The zero-order chi connectivity index (χ0) is 24.3. The topological polar surface area (TPSA) is 84.0 Å². The van der Waals surface area contributed by atoms with Gasteiger partial charge in [0, 0.05) is 24.7 Å². The smallest absolute Gasteiger partial charge is 0.316 e. The van der Waals surface area contributed by atoms with E-state index in [0.29, 0.717) is 17.5 Å². The van der Waals surface area contributed by atoms with Gasteiger partial charge in [-0.05, 0) is 61.3 Å². The Hall–Kier alpha value is -3.48. The number of benzene rings is 2. The van der Waals surface area contributed by atoms with Crippen molar-refractivity contribution in [1.29, 1.82) is 0 Å². The number of fused-ring (bicyclic) bond motifs is 5. The van der Waals surface area contributed by atoms with Gasteiger partial charge in [-0.1, -0.05) is 31.2 Å². The van der Waals surface area contributed by atoms with Crippen molar-refractivity contribution < 1.29 is 23.9 Å². The molecule has 2 aromatic rings. The minimum Gasteiger partial charge on any atom is -0.426 e. The fraction of sp³-hybridized carbons (Fsp3) is 0.429. The van der Waals surface area contributed by atoms with Crippen LogP contribution in [0, 0.1) is 29.6 Å². The van der Waals surface area contributed by atoms with Crippen LogP contribution in [0.5, 0.6) is 5.75 Å². The molecule has 2 aliphatic heterocycles. The molecule has 2 saturated carbocycles. The van der Waals surface area contributed by atoms with Crippen LogP contribution >= 0.6 is 0 Å². The van der Waals surface area contributed by atoms with E-state index in [1.54, 1.807) is 29.2 Å². The van der Waals surface area contributed by atoms with Gasteiger partial charge >= 0.3 is 5.97 Å². The molecule has 7 nitrogen and oxygen atoms in total. The van der Waals surface area contributed by atoms with Crippen LogP contribution in [0.3, 0.4) is 0 Å². The third-order valence-electron chi connectivity index (χ3n) is 8.34. The van der Waals surface area contributed by atoms with Crippen LogP contribution < -0.4 is 14.5 Å². The normalized spacial score (nSPS) is 29.3. The molecule has 0 unspecified atom stereocenters. The fourth-order valence-electron chi connectivity index (χ4n) is 6.72. The Morgan fingerprint density at radius 2 is 1.69 bits per heavy atom. The highest BCUT2D eigenvalue weighted by molar-refractivity contribution is 6.22. The Labute approximate surface area is 204 Å². The lowest BCUT2D eigenvalue weighted by Gasteiger charge is -2.20. The van der Waals surface area contributed by atoms with Crippen LogP contribution in [0.2, 0.25) is 0 Å². The molecule has 2 aliphatic carbocycles. The Morgan fingerprint density at radius 1 is 0.971 bits per heavy atom. The highest BCUT2D eigenvalue weighted by atomic mass is 16.5. The van der Waals surface area contributed by atoms with E-state index in [2.05, 4.69) is 0 Å². The van der Waals surface area contributed by atoms with Gasteiger partial charge in [0.05, 0.1) is 23.4 Å². The number of amides is 3. The first kappa shape index (κ1) is 22.0.